The lowest BCUT2D eigenvalue weighted by Gasteiger charge is -2.03. The van der Waals surface area contributed by atoms with Gasteiger partial charge in [-0.15, -0.1) is 0 Å². The summed E-state index contributed by atoms with van der Waals surface area (Å²) in [6.07, 6.45) is 3.07. The molecule has 4 nitrogen and oxygen atoms in total. The lowest BCUT2D eigenvalue weighted by Crippen LogP contribution is -2.14. The van der Waals surface area contributed by atoms with E-state index in [1.54, 1.807) is 19.1 Å². The van der Waals surface area contributed by atoms with Gasteiger partial charge in [0.25, 0.3) is 0 Å². The minimum Gasteiger partial charge on any atom is -0.283 e. The second kappa shape index (κ2) is 3.53. The van der Waals surface area contributed by atoms with Crippen LogP contribution < -0.4 is 4.72 Å². The van der Waals surface area contributed by atoms with Crippen molar-refractivity contribution in [1.29, 1.82) is 0 Å². The van der Waals surface area contributed by atoms with E-state index < -0.39 is 10.0 Å². The topological polar surface area (TPSA) is 59.1 Å². The number of hydrogen-bond acceptors (Lipinski definition) is 3. The molecule has 0 fully saturated rings. The molecule has 0 unspecified atom stereocenters. The molecule has 1 N–H and O–H groups in total. The van der Waals surface area contributed by atoms with E-state index >= 15 is 0 Å². The summed E-state index contributed by atoms with van der Waals surface area (Å²) in [4.78, 5) is 3.77. The number of rotatable bonds is 3. The van der Waals surface area contributed by atoms with Crippen LogP contribution in [0.15, 0.2) is 24.5 Å². The van der Waals surface area contributed by atoms with E-state index in [2.05, 4.69) is 9.71 Å². The maximum atomic E-state index is 11.0. The van der Waals surface area contributed by atoms with Crippen LogP contribution in [0.4, 0.5) is 5.69 Å². The minimum atomic E-state index is -3.15. The van der Waals surface area contributed by atoms with Crippen LogP contribution in [-0.2, 0) is 10.0 Å². The zero-order chi connectivity index (χ0) is 9.03. The van der Waals surface area contributed by atoms with Crippen LogP contribution in [0.1, 0.15) is 6.92 Å². The van der Waals surface area contributed by atoms with Crippen LogP contribution in [-0.4, -0.2) is 19.2 Å². The van der Waals surface area contributed by atoms with Crippen LogP contribution in [0.3, 0.4) is 0 Å². The first-order valence-corrected chi connectivity index (χ1v) is 5.20. The molecule has 5 heteroatoms. The molecular weight excluding hydrogens is 176 g/mol. The molecule has 1 rings (SSSR count). The Morgan fingerprint density at radius 1 is 1.42 bits per heavy atom. The highest BCUT2D eigenvalue weighted by molar-refractivity contribution is 7.92. The smallest absolute Gasteiger partial charge is 0.232 e. The van der Waals surface area contributed by atoms with Gasteiger partial charge in [0.1, 0.15) is 0 Å². The van der Waals surface area contributed by atoms with Crippen molar-refractivity contribution in [3.63, 3.8) is 0 Å². The van der Waals surface area contributed by atoms with E-state index in [4.69, 9.17) is 0 Å². The molecule has 1 aromatic rings. The summed E-state index contributed by atoms with van der Waals surface area (Å²) in [6.45, 7) is 1.59. The van der Waals surface area contributed by atoms with Gasteiger partial charge in [0.2, 0.25) is 10.0 Å². The van der Waals surface area contributed by atoms with Crippen molar-refractivity contribution in [2.45, 2.75) is 6.92 Å². The molecular formula is C7H10N2O2S. The van der Waals surface area contributed by atoms with Gasteiger partial charge in [-0.25, -0.2) is 8.42 Å². The number of pyridine rings is 1. The van der Waals surface area contributed by atoms with Gasteiger partial charge in [0, 0.05) is 12.4 Å². The second-order valence-electron chi connectivity index (χ2n) is 2.24. The SMILES string of the molecule is CCS(=O)(=O)Nc1ccncc1. The molecule has 0 bridgehead atoms. The summed E-state index contributed by atoms with van der Waals surface area (Å²) in [5.74, 6) is 0.0787. The number of hydrogen-bond donors (Lipinski definition) is 1. The van der Waals surface area contributed by atoms with Crippen molar-refractivity contribution in [3.05, 3.63) is 24.5 Å². The molecule has 0 saturated carbocycles. The summed E-state index contributed by atoms with van der Waals surface area (Å²) in [6, 6.07) is 3.21. The summed E-state index contributed by atoms with van der Waals surface area (Å²) >= 11 is 0. The number of anilines is 1. The fraction of sp³-hybridized carbons (Fsp3) is 0.286. The van der Waals surface area contributed by atoms with E-state index in [0.29, 0.717) is 5.69 Å². The van der Waals surface area contributed by atoms with Crippen molar-refractivity contribution in [3.8, 4) is 0 Å². The molecule has 0 radical (unpaired) electrons. The summed E-state index contributed by atoms with van der Waals surface area (Å²) in [5, 5.41) is 0. The third-order valence-electron chi connectivity index (χ3n) is 1.33. The molecule has 1 aromatic heterocycles. The lowest BCUT2D eigenvalue weighted by atomic mass is 10.4. The molecule has 0 saturated heterocycles. The Hall–Kier alpha value is -1.10. The molecule has 0 aliphatic rings. The van der Waals surface area contributed by atoms with Crippen LogP contribution in [0, 0.1) is 0 Å². The Kier molecular flexibility index (Phi) is 2.65. The third-order valence-corrected chi connectivity index (χ3v) is 2.64. The molecule has 0 amide bonds. The Balaban J connectivity index is 2.78. The Morgan fingerprint density at radius 3 is 2.50 bits per heavy atom. The largest absolute Gasteiger partial charge is 0.283 e. The summed E-state index contributed by atoms with van der Waals surface area (Å²) in [7, 11) is -3.15. The second-order valence-corrected chi connectivity index (χ2v) is 4.25. The average molecular weight is 186 g/mol. The molecule has 0 aromatic carbocycles. The maximum Gasteiger partial charge on any atom is 0.232 e. The first-order chi connectivity index (χ1) is 5.64. The van der Waals surface area contributed by atoms with E-state index in [0.717, 1.165) is 0 Å². The molecule has 0 aliphatic heterocycles. The van der Waals surface area contributed by atoms with Crippen LogP contribution in [0.5, 0.6) is 0 Å². The summed E-state index contributed by atoms with van der Waals surface area (Å²) < 4.78 is 24.5. The van der Waals surface area contributed by atoms with Gasteiger partial charge in [-0.1, -0.05) is 0 Å². The van der Waals surface area contributed by atoms with Crippen molar-refractivity contribution >= 4 is 15.7 Å². The van der Waals surface area contributed by atoms with Crippen molar-refractivity contribution in [2.75, 3.05) is 10.5 Å². The van der Waals surface area contributed by atoms with E-state index in [-0.39, 0.29) is 5.75 Å². The zero-order valence-electron chi connectivity index (χ0n) is 6.69. The highest BCUT2D eigenvalue weighted by Gasteiger charge is 2.04. The van der Waals surface area contributed by atoms with Crippen molar-refractivity contribution in [2.24, 2.45) is 0 Å². The maximum absolute atomic E-state index is 11.0. The Labute approximate surface area is 71.7 Å². The van der Waals surface area contributed by atoms with E-state index in [1.807, 2.05) is 0 Å². The number of nitrogens with one attached hydrogen (secondary N) is 1. The van der Waals surface area contributed by atoms with Gasteiger partial charge in [-0.05, 0) is 19.1 Å². The average Bonchev–Trinajstić information content (AvgIpc) is 2.06. The Bertz CT molecular complexity index is 334. The molecule has 0 atom stereocenters. The lowest BCUT2D eigenvalue weighted by molar-refractivity contribution is 0.602. The van der Waals surface area contributed by atoms with E-state index in [1.165, 1.54) is 12.4 Å². The van der Waals surface area contributed by atoms with Gasteiger partial charge >= 0.3 is 0 Å². The van der Waals surface area contributed by atoms with Crippen LogP contribution in [0.25, 0.3) is 0 Å². The predicted octanol–water partition coefficient (Wildman–Crippen LogP) is 0.843. The monoisotopic (exact) mass is 186 g/mol. The first-order valence-electron chi connectivity index (χ1n) is 3.54. The van der Waals surface area contributed by atoms with Gasteiger partial charge in [0.15, 0.2) is 0 Å². The molecule has 0 spiro atoms. The van der Waals surface area contributed by atoms with Gasteiger partial charge in [-0.3, -0.25) is 9.71 Å². The fourth-order valence-electron chi connectivity index (χ4n) is 0.672. The van der Waals surface area contributed by atoms with Gasteiger partial charge in [-0.2, -0.15) is 0 Å². The number of aromatic nitrogens is 1. The van der Waals surface area contributed by atoms with E-state index in [9.17, 15) is 8.42 Å². The minimum absolute atomic E-state index is 0.0787. The predicted molar refractivity (Wildman–Crippen MR) is 47.3 cm³/mol. The zero-order valence-corrected chi connectivity index (χ0v) is 7.50. The van der Waals surface area contributed by atoms with Gasteiger partial charge in [0.05, 0.1) is 11.4 Å². The highest BCUT2D eigenvalue weighted by atomic mass is 32.2. The highest BCUT2D eigenvalue weighted by Crippen LogP contribution is 2.05. The van der Waals surface area contributed by atoms with Crippen LogP contribution in [0.2, 0.25) is 0 Å². The quantitative estimate of drug-likeness (QED) is 0.761. The summed E-state index contributed by atoms with van der Waals surface area (Å²) in [5.41, 5.74) is 0.548. The fourth-order valence-corrected chi connectivity index (χ4v) is 1.31. The molecule has 0 aliphatic carbocycles. The normalized spacial score (nSPS) is 11.1. The number of sulfonamides is 1. The van der Waals surface area contributed by atoms with Crippen LogP contribution >= 0.6 is 0 Å². The van der Waals surface area contributed by atoms with Crippen molar-refractivity contribution < 1.29 is 8.42 Å². The molecule has 12 heavy (non-hydrogen) atoms. The van der Waals surface area contributed by atoms with Crippen molar-refractivity contribution in [1.82, 2.24) is 4.98 Å². The molecule has 66 valence electrons. The molecule has 1 heterocycles. The standard InChI is InChI=1S/C7H10N2O2S/c1-2-12(10,11)9-7-3-5-8-6-4-7/h3-6H,2H2,1H3,(H,8,9). The third kappa shape index (κ3) is 2.50. The Morgan fingerprint density at radius 2 is 2.00 bits per heavy atom. The first kappa shape index (κ1) is 8.99. The number of nitrogens with zero attached hydrogens (tertiary/aromatic N) is 1. The van der Waals surface area contributed by atoms with Gasteiger partial charge < -0.3 is 0 Å².